The molecule has 1 heterocycles. The number of methoxy groups -OCH3 is 1. The highest BCUT2D eigenvalue weighted by atomic mass is 32.2. The Bertz CT molecular complexity index is 394. The van der Waals surface area contributed by atoms with Gasteiger partial charge in [-0.3, -0.25) is 9.69 Å². The highest BCUT2D eigenvalue weighted by Crippen LogP contribution is 2.21. The Morgan fingerprint density at radius 3 is 2.50 bits per heavy atom. The minimum atomic E-state index is -3.02. The summed E-state index contributed by atoms with van der Waals surface area (Å²) in [5.74, 6) is -0.766. The Morgan fingerprint density at radius 1 is 1.50 bits per heavy atom. The van der Waals surface area contributed by atoms with E-state index in [1.54, 1.807) is 12.0 Å². The molecule has 0 radical (unpaired) electrons. The molecule has 0 spiro atoms. The van der Waals surface area contributed by atoms with Gasteiger partial charge in [0.1, 0.15) is 0 Å². The van der Waals surface area contributed by atoms with Crippen molar-refractivity contribution in [2.45, 2.75) is 38.5 Å². The number of hydrogen-bond donors (Lipinski definition) is 1. The van der Waals surface area contributed by atoms with Crippen molar-refractivity contribution in [3.63, 3.8) is 0 Å². The maximum atomic E-state index is 11.5. The molecule has 0 aromatic heterocycles. The van der Waals surface area contributed by atoms with Crippen molar-refractivity contribution >= 4 is 15.8 Å². The summed E-state index contributed by atoms with van der Waals surface area (Å²) in [7, 11) is -1.46. The second-order valence-corrected chi connectivity index (χ2v) is 7.03. The van der Waals surface area contributed by atoms with Crippen LogP contribution in [0.15, 0.2) is 0 Å². The van der Waals surface area contributed by atoms with E-state index in [-0.39, 0.29) is 36.2 Å². The number of rotatable bonds is 6. The third-order valence-electron chi connectivity index (χ3n) is 3.57. The lowest BCUT2D eigenvalue weighted by atomic mass is 10.1. The van der Waals surface area contributed by atoms with Crippen molar-refractivity contribution in [1.29, 1.82) is 0 Å². The fourth-order valence-electron chi connectivity index (χ4n) is 2.27. The molecule has 1 aliphatic rings. The summed E-state index contributed by atoms with van der Waals surface area (Å²) >= 11 is 0. The van der Waals surface area contributed by atoms with E-state index in [1.807, 2.05) is 13.8 Å². The average Bonchev–Trinajstić information content (AvgIpc) is 2.64. The smallest absolute Gasteiger partial charge is 0.317 e. The monoisotopic (exact) mass is 279 g/mol. The molecule has 7 heteroatoms. The van der Waals surface area contributed by atoms with Gasteiger partial charge in [-0.15, -0.1) is 0 Å². The first kappa shape index (κ1) is 15.4. The molecule has 106 valence electrons. The van der Waals surface area contributed by atoms with Crippen LogP contribution in [0.3, 0.4) is 0 Å². The van der Waals surface area contributed by atoms with Crippen molar-refractivity contribution in [1.82, 2.24) is 4.90 Å². The van der Waals surface area contributed by atoms with Crippen molar-refractivity contribution < 1.29 is 23.1 Å². The standard InChI is InChI=1S/C11H21NO5S/c1-8(9(2)17-3)12(6-11(13)14)10-4-5-18(15,16)7-10/h8-10H,4-7H2,1-3H3,(H,13,14). The van der Waals surface area contributed by atoms with Gasteiger partial charge in [0.15, 0.2) is 9.84 Å². The van der Waals surface area contributed by atoms with Crippen molar-refractivity contribution in [2.24, 2.45) is 0 Å². The van der Waals surface area contributed by atoms with Gasteiger partial charge in [-0.1, -0.05) is 0 Å². The summed E-state index contributed by atoms with van der Waals surface area (Å²) in [4.78, 5) is 12.6. The van der Waals surface area contributed by atoms with Crippen LogP contribution in [-0.4, -0.2) is 67.7 Å². The van der Waals surface area contributed by atoms with E-state index in [4.69, 9.17) is 9.84 Å². The van der Waals surface area contributed by atoms with E-state index >= 15 is 0 Å². The topological polar surface area (TPSA) is 83.9 Å². The van der Waals surface area contributed by atoms with Gasteiger partial charge in [0, 0.05) is 19.2 Å². The maximum absolute atomic E-state index is 11.5. The van der Waals surface area contributed by atoms with Crippen LogP contribution in [0, 0.1) is 0 Å². The number of carbonyl (C=O) groups is 1. The molecular formula is C11H21NO5S. The average molecular weight is 279 g/mol. The predicted octanol–water partition coefficient (Wildman–Crippen LogP) is -0.0165. The maximum Gasteiger partial charge on any atom is 0.317 e. The van der Waals surface area contributed by atoms with Crippen LogP contribution < -0.4 is 0 Å². The normalized spacial score (nSPS) is 26.1. The summed E-state index contributed by atoms with van der Waals surface area (Å²) < 4.78 is 28.2. The SMILES string of the molecule is COC(C)C(C)N(CC(=O)O)C1CCS(=O)(=O)C1. The third-order valence-corrected chi connectivity index (χ3v) is 5.32. The van der Waals surface area contributed by atoms with Gasteiger partial charge >= 0.3 is 5.97 Å². The second-order valence-electron chi connectivity index (χ2n) is 4.80. The fourth-order valence-corrected chi connectivity index (χ4v) is 4.01. The minimum absolute atomic E-state index is 0.0427. The van der Waals surface area contributed by atoms with E-state index in [0.717, 1.165) is 0 Å². The summed E-state index contributed by atoms with van der Waals surface area (Å²) in [6.07, 6.45) is 0.351. The lowest BCUT2D eigenvalue weighted by molar-refractivity contribution is -0.140. The Morgan fingerprint density at radius 2 is 2.11 bits per heavy atom. The van der Waals surface area contributed by atoms with E-state index in [1.165, 1.54) is 0 Å². The Labute approximate surface area is 108 Å². The van der Waals surface area contributed by atoms with Gasteiger partial charge < -0.3 is 9.84 Å². The molecule has 1 aliphatic heterocycles. The van der Waals surface area contributed by atoms with E-state index < -0.39 is 15.8 Å². The second kappa shape index (κ2) is 5.99. The molecule has 1 saturated heterocycles. The molecule has 0 aliphatic carbocycles. The molecule has 1 N–H and O–H groups in total. The van der Waals surface area contributed by atoms with Crippen molar-refractivity contribution in [2.75, 3.05) is 25.2 Å². The molecule has 1 rings (SSSR count). The van der Waals surface area contributed by atoms with Gasteiger partial charge in [-0.25, -0.2) is 8.42 Å². The fraction of sp³-hybridized carbons (Fsp3) is 0.909. The van der Waals surface area contributed by atoms with Crippen LogP contribution in [0.2, 0.25) is 0 Å². The molecule has 18 heavy (non-hydrogen) atoms. The number of hydrogen-bond acceptors (Lipinski definition) is 5. The minimum Gasteiger partial charge on any atom is -0.480 e. The molecule has 1 fully saturated rings. The summed E-state index contributed by atoms with van der Waals surface area (Å²) in [6.45, 7) is 3.56. The third kappa shape index (κ3) is 3.93. The van der Waals surface area contributed by atoms with Crippen LogP contribution in [0.1, 0.15) is 20.3 Å². The van der Waals surface area contributed by atoms with Gasteiger partial charge in [-0.05, 0) is 20.3 Å². The van der Waals surface area contributed by atoms with Crippen LogP contribution in [0.25, 0.3) is 0 Å². The molecule has 0 aromatic carbocycles. The predicted molar refractivity (Wildman–Crippen MR) is 67.3 cm³/mol. The highest BCUT2D eigenvalue weighted by molar-refractivity contribution is 7.91. The number of aliphatic carboxylic acids is 1. The molecule has 3 atom stereocenters. The van der Waals surface area contributed by atoms with E-state index in [9.17, 15) is 13.2 Å². The molecule has 0 amide bonds. The summed E-state index contributed by atoms with van der Waals surface area (Å²) in [5.41, 5.74) is 0. The van der Waals surface area contributed by atoms with Crippen LogP contribution in [0.4, 0.5) is 0 Å². The van der Waals surface area contributed by atoms with Crippen molar-refractivity contribution in [3.05, 3.63) is 0 Å². The Balaban J connectivity index is 2.82. The summed E-state index contributed by atoms with van der Waals surface area (Å²) in [5, 5.41) is 8.95. The van der Waals surface area contributed by atoms with Crippen LogP contribution in [0.5, 0.6) is 0 Å². The van der Waals surface area contributed by atoms with Crippen LogP contribution >= 0.6 is 0 Å². The number of sulfone groups is 1. The Hall–Kier alpha value is -0.660. The van der Waals surface area contributed by atoms with Crippen LogP contribution in [-0.2, 0) is 19.4 Å². The zero-order valence-corrected chi connectivity index (χ0v) is 11.8. The highest BCUT2D eigenvalue weighted by Gasteiger charge is 2.36. The number of nitrogens with zero attached hydrogens (tertiary/aromatic N) is 1. The zero-order valence-electron chi connectivity index (χ0n) is 11.0. The lowest BCUT2D eigenvalue weighted by Crippen LogP contribution is -2.50. The molecule has 6 nitrogen and oxygen atoms in total. The lowest BCUT2D eigenvalue weighted by Gasteiger charge is -2.35. The van der Waals surface area contributed by atoms with Gasteiger partial charge in [0.25, 0.3) is 0 Å². The first-order valence-electron chi connectivity index (χ1n) is 5.97. The molecular weight excluding hydrogens is 258 g/mol. The summed E-state index contributed by atoms with van der Waals surface area (Å²) in [6, 6.07) is -0.358. The molecule has 0 bridgehead atoms. The van der Waals surface area contributed by atoms with Gasteiger partial charge in [0.2, 0.25) is 0 Å². The van der Waals surface area contributed by atoms with E-state index in [2.05, 4.69) is 0 Å². The number of carboxylic acids is 1. The number of ether oxygens (including phenoxy) is 1. The van der Waals surface area contributed by atoms with Gasteiger partial charge in [-0.2, -0.15) is 0 Å². The van der Waals surface area contributed by atoms with Crippen molar-refractivity contribution in [3.8, 4) is 0 Å². The van der Waals surface area contributed by atoms with E-state index in [0.29, 0.717) is 6.42 Å². The first-order chi connectivity index (χ1) is 8.26. The molecule has 0 aromatic rings. The first-order valence-corrected chi connectivity index (χ1v) is 7.79. The van der Waals surface area contributed by atoms with Gasteiger partial charge in [0.05, 0.1) is 24.2 Å². The quantitative estimate of drug-likeness (QED) is 0.736. The molecule has 3 unspecified atom stereocenters. The Kier molecular flexibility index (Phi) is 5.12. The largest absolute Gasteiger partial charge is 0.480 e. The molecule has 0 saturated carbocycles. The number of carboxylic acid groups (broad SMARTS) is 1. The zero-order chi connectivity index (χ0) is 13.9.